The first-order chi connectivity index (χ1) is 10.2. The molecule has 0 N–H and O–H groups in total. The van der Waals surface area contributed by atoms with Crippen molar-refractivity contribution in [2.75, 3.05) is 7.05 Å². The number of nitrogens with zero attached hydrogens (tertiary/aromatic N) is 4. The van der Waals surface area contributed by atoms with Crippen molar-refractivity contribution in [1.29, 1.82) is 0 Å². The number of aryl methyl sites for hydroxylation is 1. The van der Waals surface area contributed by atoms with E-state index in [9.17, 15) is 0 Å². The molecule has 0 bridgehead atoms. The van der Waals surface area contributed by atoms with Gasteiger partial charge in [0.25, 0.3) is 0 Å². The summed E-state index contributed by atoms with van der Waals surface area (Å²) in [6.07, 6.45) is 1.61. The molecular weight excluding hydrogens is 264 g/mol. The topological polar surface area (TPSA) is 47.1 Å². The van der Waals surface area contributed by atoms with Crippen LogP contribution < -0.4 is 0 Å². The van der Waals surface area contributed by atoms with Gasteiger partial charge in [-0.25, -0.2) is 4.98 Å². The Labute approximate surface area is 124 Å². The molecule has 1 unspecified atom stereocenters. The Morgan fingerprint density at radius 1 is 1.29 bits per heavy atom. The first-order valence-corrected chi connectivity index (χ1v) is 7.25. The van der Waals surface area contributed by atoms with E-state index >= 15 is 0 Å². The Balaban J connectivity index is 1.87. The number of fused-ring (bicyclic) bond motifs is 1. The van der Waals surface area contributed by atoms with Gasteiger partial charge in [0.05, 0.1) is 23.6 Å². The van der Waals surface area contributed by atoms with Crippen LogP contribution >= 0.6 is 0 Å². The lowest BCUT2D eigenvalue weighted by atomic mass is 10.2. The summed E-state index contributed by atoms with van der Waals surface area (Å²) in [4.78, 5) is 6.99. The highest BCUT2D eigenvalue weighted by Crippen LogP contribution is 2.21. The Kier molecular flexibility index (Phi) is 3.75. The third kappa shape index (κ3) is 2.56. The normalized spacial score (nSPS) is 13.1. The summed E-state index contributed by atoms with van der Waals surface area (Å²) < 4.78 is 7.20. The molecule has 5 nitrogen and oxygen atoms in total. The molecule has 0 radical (unpaired) electrons. The van der Waals surface area contributed by atoms with Crippen LogP contribution in [0.3, 0.4) is 0 Å². The number of aromatic nitrogens is 3. The van der Waals surface area contributed by atoms with Crippen LogP contribution in [-0.4, -0.2) is 26.7 Å². The van der Waals surface area contributed by atoms with Gasteiger partial charge in [0, 0.05) is 12.6 Å². The zero-order valence-electron chi connectivity index (χ0n) is 12.7. The van der Waals surface area contributed by atoms with Crippen molar-refractivity contribution in [3.05, 3.63) is 48.1 Å². The number of hydrogen-bond acceptors (Lipinski definition) is 4. The van der Waals surface area contributed by atoms with Gasteiger partial charge in [-0.2, -0.15) is 0 Å². The molecule has 21 heavy (non-hydrogen) atoms. The fourth-order valence-corrected chi connectivity index (χ4v) is 2.62. The second-order valence-corrected chi connectivity index (χ2v) is 5.28. The summed E-state index contributed by atoms with van der Waals surface area (Å²) in [5.41, 5.74) is 3.19. The van der Waals surface area contributed by atoms with Gasteiger partial charge in [0.2, 0.25) is 0 Å². The van der Waals surface area contributed by atoms with Gasteiger partial charge in [-0.1, -0.05) is 17.3 Å². The lowest BCUT2D eigenvalue weighted by molar-refractivity contribution is 0.233. The van der Waals surface area contributed by atoms with Crippen LogP contribution in [0.4, 0.5) is 0 Å². The van der Waals surface area contributed by atoms with Crippen LogP contribution in [0.1, 0.15) is 31.4 Å². The molecule has 0 aliphatic heterocycles. The molecule has 2 aromatic heterocycles. The average molecular weight is 284 g/mol. The van der Waals surface area contributed by atoms with Crippen LogP contribution in [-0.2, 0) is 13.1 Å². The van der Waals surface area contributed by atoms with Gasteiger partial charge in [-0.15, -0.1) is 0 Å². The zero-order chi connectivity index (χ0) is 14.8. The molecule has 1 aromatic carbocycles. The predicted molar refractivity (Wildman–Crippen MR) is 81.8 cm³/mol. The smallest absolute Gasteiger partial charge is 0.124 e. The second-order valence-electron chi connectivity index (χ2n) is 5.28. The monoisotopic (exact) mass is 284 g/mol. The first-order valence-electron chi connectivity index (χ1n) is 7.25. The molecule has 5 heteroatoms. The molecule has 0 aliphatic carbocycles. The molecular formula is C16H20N4O. The molecule has 0 fully saturated rings. The van der Waals surface area contributed by atoms with E-state index in [2.05, 4.69) is 53.7 Å². The van der Waals surface area contributed by atoms with E-state index < -0.39 is 0 Å². The summed E-state index contributed by atoms with van der Waals surface area (Å²) in [5, 5.41) is 4.02. The standard InChI is InChI=1S/C16H20N4O/c1-4-20-15-8-6-5-7-14(15)17-16(20)11-19(3)12(2)13-9-10-21-18-13/h5-10,12H,4,11H2,1-3H3. The van der Waals surface area contributed by atoms with Crippen LogP contribution in [0.15, 0.2) is 41.1 Å². The van der Waals surface area contributed by atoms with E-state index in [4.69, 9.17) is 9.51 Å². The molecule has 0 aliphatic rings. The summed E-state index contributed by atoms with van der Waals surface area (Å²) in [6, 6.07) is 10.4. The van der Waals surface area contributed by atoms with Gasteiger partial charge in [0.15, 0.2) is 0 Å². The molecule has 0 amide bonds. The largest absolute Gasteiger partial charge is 0.364 e. The number of imidazole rings is 1. The lowest BCUT2D eigenvalue weighted by Crippen LogP contribution is -2.24. The van der Waals surface area contributed by atoms with Crippen LogP contribution in [0.5, 0.6) is 0 Å². The fourth-order valence-electron chi connectivity index (χ4n) is 2.62. The van der Waals surface area contributed by atoms with Crippen molar-refractivity contribution < 1.29 is 4.52 Å². The van der Waals surface area contributed by atoms with E-state index in [1.54, 1.807) is 6.26 Å². The third-order valence-electron chi connectivity index (χ3n) is 3.99. The maximum atomic E-state index is 4.93. The van der Waals surface area contributed by atoms with Crippen molar-refractivity contribution in [3.63, 3.8) is 0 Å². The lowest BCUT2D eigenvalue weighted by Gasteiger charge is -2.22. The van der Waals surface area contributed by atoms with E-state index in [0.29, 0.717) is 0 Å². The Bertz CT molecular complexity index is 717. The van der Waals surface area contributed by atoms with Gasteiger partial charge in [0.1, 0.15) is 17.8 Å². The molecule has 3 aromatic rings. The highest BCUT2D eigenvalue weighted by molar-refractivity contribution is 5.75. The Morgan fingerprint density at radius 2 is 2.10 bits per heavy atom. The Hall–Kier alpha value is -2.14. The van der Waals surface area contributed by atoms with Gasteiger partial charge >= 0.3 is 0 Å². The van der Waals surface area contributed by atoms with Crippen molar-refractivity contribution in [3.8, 4) is 0 Å². The zero-order valence-corrected chi connectivity index (χ0v) is 12.7. The van der Waals surface area contributed by atoms with Gasteiger partial charge in [-0.05, 0) is 33.0 Å². The summed E-state index contributed by atoms with van der Waals surface area (Å²) in [7, 11) is 2.08. The second kappa shape index (κ2) is 5.69. The number of rotatable bonds is 5. The molecule has 0 saturated carbocycles. The van der Waals surface area contributed by atoms with Crippen LogP contribution in [0, 0.1) is 0 Å². The van der Waals surface area contributed by atoms with E-state index in [-0.39, 0.29) is 6.04 Å². The molecule has 1 atom stereocenters. The van der Waals surface area contributed by atoms with E-state index in [0.717, 1.165) is 30.1 Å². The van der Waals surface area contributed by atoms with Crippen LogP contribution in [0.25, 0.3) is 11.0 Å². The minimum absolute atomic E-state index is 0.189. The highest BCUT2D eigenvalue weighted by atomic mass is 16.5. The van der Waals surface area contributed by atoms with Crippen molar-refractivity contribution >= 4 is 11.0 Å². The van der Waals surface area contributed by atoms with Crippen molar-refractivity contribution in [1.82, 2.24) is 19.6 Å². The molecule has 0 spiro atoms. The van der Waals surface area contributed by atoms with Crippen molar-refractivity contribution in [2.24, 2.45) is 0 Å². The molecule has 110 valence electrons. The van der Waals surface area contributed by atoms with E-state index in [1.165, 1.54) is 5.52 Å². The molecule has 3 rings (SSSR count). The summed E-state index contributed by atoms with van der Waals surface area (Å²) in [5.74, 6) is 1.08. The molecule has 0 saturated heterocycles. The quantitative estimate of drug-likeness (QED) is 0.721. The van der Waals surface area contributed by atoms with Gasteiger partial charge < -0.3 is 9.09 Å². The fraction of sp³-hybridized carbons (Fsp3) is 0.375. The van der Waals surface area contributed by atoms with Gasteiger partial charge in [-0.3, -0.25) is 4.90 Å². The number of hydrogen-bond donors (Lipinski definition) is 0. The number of benzene rings is 1. The maximum absolute atomic E-state index is 4.93. The predicted octanol–water partition coefficient (Wildman–Crippen LogP) is 3.24. The maximum Gasteiger partial charge on any atom is 0.124 e. The van der Waals surface area contributed by atoms with E-state index in [1.807, 2.05) is 12.1 Å². The number of para-hydroxylation sites is 2. The van der Waals surface area contributed by atoms with Crippen molar-refractivity contribution in [2.45, 2.75) is 33.0 Å². The molecule has 2 heterocycles. The Morgan fingerprint density at radius 3 is 2.81 bits per heavy atom. The highest BCUT2D eigenvalue weighted by Gasteiger charge is 2.17. The first kappa shape index (κ1) is 13.8. The summed E-state index contributed by atoms with van der Waals surface area (Å²) in [6.45, 7) is 5.97. The third-order valence-corrected chi connectivity index (χ3v) is 3.99. The summed E-state index contributed by atoms with van der Waals surface area (Å²) >= 11 is 0. The minimum Gasteiger partial charge on any atom is -0.364 e. The minimum atomic E-state index is 0.189. The SMILES string of the molecule is CCn1c(CN(C)C(C)c2ccon2)nc2ccccc21. The average Bonchev–Trinajstić information content (AvgIpc) is 3.13. The van der Waals surface area contributed by atoms with Crippen LogP contribution in [0.2, 0.25) is 0 Å².